The maximum Gasteiger partial charge on any atom is 0.433 e. The van der Waals surface area contributed by atoms with Crippen molar-refractivity contribution in [3.63, 3.8) is 0 Å². The number of nitrogens with two attached hydrogens (primary N) is 1. The van der Waals surface area contributed by atoms with Gasteiger partial charge in [0.05, 0.1) is 12.1 Å². The molecule has 0 bridgehead atoms. The van der Waals surface area contributed by atoms with Crippen LogP contribution in [0.3, 0.4) is 0 Å². The van der Waals surface area contributed by atoms with Gasteiger partial charge in [0, 0.05) is 11.9 Å². The number of anilines is 2. The Kier molecular flexibility index (Phi) is 4.52. The molecule has 0 amide bonds. The maximum absolute atomic E-state index is 12.6. The van der Waals surface area contributed by atoms with Crippen LogP contribution >= 0.6 is 0 Å². The maximum atomic E-state index is 12.6. The Morgan fingerprint density at radius 2 is 2.00 bits per heavy atom. The van der Waals surface area contributed by atoms with Gasteiger partial charge in [-0.3, -0.25) is 4.98 Å². The van der Waals surface area contributed by atoms with E-state index in [1.165, 1.54) is 13.0 Å². The van der Waals surface area contributed by atoms with Crippen molar-refractivity contribution < 1.29 is 18.3 Å². The summed E-state index contributed by atoms with van der Waals surface area (Å²) < 4.78 is 37.8. The fraction of sp³-hybridized carbons (Fsp3) is 0.333. The number of hydrogen-bond acceptors (Lipinski definition) is 7. The van der Waals surface area contributed by atoms with Crippen LogP contribution in [-0.4, -0.2) is 31.1 Å². The molecule has 4 N–H and O–H groups in total. The molecule has 0 aliphatic rings. The van der Waals surface area contributed by atoms with Gasteiger partial charge in [0.1, 0.15) is 12.0 Å². The molecule has 7 nitrogen and oxygen atoms in total. The number of rotatable bonds is 4. The molecular formula is C12H13F3N6O. The summed E-state index contributed by atoms with van der Waals surface area (Å²) in [5.74, 6) is 0.137. The number of nitrogens with one attached hydrogen (secondary N) is 1. The Bertz CT molecular complexity index is 649. The first kappa shape index (κ1) is 16.0. The van der Waals surface area contributed by atoms with Crippen molar-refractivity contribution in [2.45, 2.75) is 25.2 Å². The van der Waals surface area contributed by atoms with Gasteiger partial charge in [-0.25, -0.2) is 9.97 Å². The minimum Gasteiger partial charge on any atom is -0.391 e. The lowest BCUT2D eigenvalue weighted by molar-refractivity contribution is -0.141. The summed E-state index contributed by atoms with van der Waals surface area (Å²) in [4.78, 5) is 14.8. The molecule has 0 spiro atoms. The van der Waals surface area contributed by atoms with Crippen LogP contribution in [0.15, 0.2) is 24.7 Å². The summed E-state index contributed by atoms with van der Waals surface area (Å²) in [5.41, 5.74) is 4.77. The summed E-state index contributed by atoms with van der Waals surface area (Å²) in [6.45, 7) is 1.47. The summed E-state index contributed by atoms with van der Waals surface area (Å²) in [6.07, 6.45) is -3.25. The molecule has 0 aliphatic heterocycles. The molecule has 0 radical (unpaired) electrons. The second-order valence-corrected chi connectivity index (χ2v) is 4.49. The van der Waals surface area contributed by atoms with Gasteiger partial charge in [0.25, 0.3) is 0 Å². The number of halogens is 3. The number of hydrogen-bond donors (Lipinski definition) is 3. The van der Waals surface area contributed by atoms with Gasteiger partial charge in [0.2, 0.25) is 5.95 Å². The van der Waals surface area contributed by atoms with Gasteiger partial charge < -0.3 is 16.2 Å². The van der Waals surface area contributed by atoms with Crippen molar-refractivity contribution in [3.05, 3.63) is 36.2 Å². The molecule has 0 aromatic carbocycles. The smallest absolute Gasteiger partial charge is 0.391 e. The Balaban J connectivity index is 2.23. The van der Waals surface area contributed by atoms with E-state index >= 15 is 0 Å². The number of nitrogens with zero attached hydrogens (tertiary/aromatic N) is 4. The van der Waals surface area contributed by atoms with E-state index in [0.717, 1.165) is 18.6 Å². The second kappa shape index (κ2) is 6.20. The molecule has 10 heteroatoms. The Hall–Kier alpha value is -2.33. The number of aliphatic hydroxyl groups is 1. The molecule has 2 atom stereocenters. The van der Waals surface area contributed by atoms with Crippen molar-refractivity contribution in [1.82, 2.24) is 19.9 Å². The van der Waals surface area contributed by atoms with E-state index in [2.05, 4.69) is 25.3 Å². The van der Waals surface area contributed by atoms with Crippen LogP contribution in [-0.2, 0) is 6.18 Å². The first-order valence-corrected chi connectivity index (χ1v) is 6.20. The number of aromatic nitrogens is 4. The zero-order valence-electron chi connectivity index (χ0n) is 11.4. The molecule has 2 aromatic heterocycles. The van der Waals surface area contributed by atoms with Crippen LogP contribution in [0, 0.1) is 0 Å². The molecule has 0 saturated heterocycles. The highest BCUT2D eigenvalue weighted by Crippen LogP contribution is 2.29. The Labute approximate surface area is 123 Å². The fourth-order valence-electron chi connectivity index (χ4n) is 1.54. The molecule has 2 heterocycles. The van der Waals surface area contributed by atoms with Crippen molar-refractivity contribution in [2.75, 3.05) is 5.32 Å². The normalized spacial score (nSPS) is 14.5. The summed E-state index contributed by atoms with van der Waals surface area (Å²) in [7, 11) is 0. The summed E-state index contributed by atoms with van der Waals surface area (Å²) >= 11 is 0. The fourth-order valence-corrected chi connectivity index (χ4v) is 1.54. The SMILES string of the molecule is CC(O)C(N)c1ncnc(Nc2ccnc(C(F)(F)F)c2)n1. The quantitative estimate of drug-likeness (QED) is 0.782. The van der Waals surface area contributed by atoms with Crippen LogP contribution in [0.5, 0.6) is 0 Å². The van der Waals surface area contributed by atoms with Crippen LogP contribution in [0.25, 0.3) is 0 Å². The van der Waals surface area contributed by atoms with E-state index in [-0.39, 0.29) is 17.5 Å². The Morgan fingerprint density at radius 3 is 2.64 bits per heavy atom. The first-order chi connectivity index (χ1) is 10.3. The topological polar surface area (TPSA) is 110 Å². The average molecular weight is 314 g/mol. The second-order valence-electron chi connectivity index (χ2n) is 4.49. The predicted molar refractivity (Wildman–Crippen MR) is 71.0 cm³/mol. The van der Waals surface area contributed by atoms with Crippen LogP contribution in [0.2, 0.25) is 0 Å². The third-order valence-electron chi connectivity index (χ3n) is 2.71. The van der Waals surface area contributed by atoms with E-state index < -0.39 is 24.0 Å². The van der Waals surface area contributed by atoms with Crippen LogP contribution in [0.4, 0.5) is 24.8 Å². The monoisotopic (exact) mass is 314 g/mol. The molecule has 0 fully saturated rings. The third kappa shape index (κ3) is 3.86. The van der Waals surface area contributed by atoms with Crippen molar-refractivity contribution in [3.8, 4) is 0 Å². The number of aliphatic hydroxyl groups excluding tert-OH is 1. The predicted octanol–water partition coefficient (Wildman–Crippen LogP) is 1.41. The van der Waals surface area contributed by atoms with Crippen LogP contribution in [0.1, 0.15) is 24.5 Å². The molecule has 2 rings (SSSR count). The highest BCUT2D eigenvalue weighted by Gasteiger charge is 2.32. The molecule has 2 unspecified atom stereocenters. The third-order valence-corrected chi connectivity index (χ3v) is 2.71. The van der Waals surface area contributed by atoms with Gasteiger partial charge in [-0.05, 0) is 19.1 Å². The minimum absolute atomic E-state index is 0.0143. The summed E-state index contributed by atoms with van der Waals surface area (Å²) in [5, 5.41) is 12.0. The zero-order valence-corrected chi connectivity index (χ0v) is 11.4. The highest BCUT2D eigenvalue weighted by molar-refractivity contribution is 5.53. The molecule has 0 aliphatic carbocycles. The van der Waals surface area contributed by atoms with Gasteiger partial charge in [0.15, 0.2) is 5.82 Å². The molecule has 118 valence electrons. The standard InChI is InChI=1S/C12H13F3N6O/c1-6(22)9(16)10-18-5-19-11(21-10)20-7-2-3-17-8(4-7)12(13,14)15/h2-6,9,22H,16H2,1H3,(H,17,18,19,20,21). The van der Waals surface area contributed by atoms with Gasteiger partial charge in [-0.2, -0.15) is 18.2 Å². The van der Waals surface area contributed by atoms with E-state index in [4.69, 9.17) is 5.73 Å². The number of pyridine rings is 1. The van der Waals surface area contributed by atoms with Crippen molar-refractivity contribution in [1.29, 1.82) is 0 Å². The number of alkyl halides is 3. The lowest BCUT2D eigenvalue weighted by Gasteiger charge is -2.14. The first-order valence-electron chi connectivity index (χ1n) is 6.20. The molecule has 22 heavy (non-hydrogen) atoms. The Morgan fingerprint density at radius 1 is 1.27 bits per heavy atom. The molecule has 2 aromatic rings. The highest BCUT2D eigenvalue weighted by atomic mass is 19.4. The summed E-state index contributed by atoms with van der Waals surface area (Å²) in [6, 6.07) is 1.34. The molecular weight excluding hydrogens is 301 g/mol. The minimum atomic E-state index is -4.55. The van der Waals surface area contributed by atoms with Crippen molar-refractivity contribution in [2.24, 2.45) is 5.73 Å². The largest absolute Gasteiger partial charge is 0.433 e. The van der Waals surface area contributed by atoms with Gasteiger partial charge >= 0.3 is 6.18 Å². The average Bonchev–Trinajstić information content (AvgIpc) is 2.46. The van der Waals surface area contributed by atoms with Crippen LogP contribution < -0.4 is 11.1 Å². The van der Waals surface area contributed by atoms with Gasteiger partial charge in [-0.15, -0.1) is 0 Å². The lowest BCUT2D eigenvalue weighted by atomic mass is 10.2. The van der Waals surface area contributed by atoms with E-state index in [1.54, 1.807) is 0 Å². The van der Waals surface area contributed by atoms with E-state index in [1.807, 2.05) is 0 Å². The van der Waals surface area contributed by atoms with Crippen molar-refractivity contribution >= 4 is 11.6 Å². The van der Waals surface area contributed by atoms with E-state index in [9.17, 15) is 18.3 Å². The molecule has 0 saturated carbocycles. The lowest BCUT2D eigenvalue weighted by Crippen LogP contribution is -2.25. The zero-order chi connectivity index (χ0) is 16.3. The van der Waals surface area contributed by atoms with E-state index in [0.29, 0.717) is 0 Å². The van der Waals surface area contributed by atoms with Gasteiger partial charge in [-0.1, -0.05) is 0 Å².